The second-order valence-electron chi connectivity index (χ2n) is 4.19. The molecule has 0 aliphatic heterocycles. The molecule has 0 aliphatic rings. The van der Waals surface area contributed by atoms with Crippen molar-refractivity contribution in [1.82, 2.24) is 5.32 Å². The molecule has 1 amide bonds. The summed E-state index contributed by atoms with van der Waals surface area (Å²) >= 11 is 0. The van der Waals surface area contributed by atoms with Gasteiger partial charge in [0.1, 0.15) is 0 Å². The van der Waals surface area contributed by atoms with Crippen LogP contribution >= 0.6 is 0 Å². The Hall–Kier alpha value is -1.10. The van der Waals surface area contributed by atoms with E-state index in [4.69, 9.17) is 5.73 Å². The van der Waals surface area contributed by atoms with Gasteiger partial charge in [-0.1, -0.05) is 13.8 Å². The van der Waals surface area contributed by atoms with E-state index in [9.17, 15) is 9.59 Å². The Morgan fingerprint density at radius 2 is 1.94 bits per heavy atom. The maximum absolute atomic E-state index is 11.4. The van der Waals surface area contributed by atoms with Gasteiger partial charge in [0, 0.05) is 13.0 Å². The van der Waals surface area contributed by atoms with E-state index in [-0.39, 0.29) is 18.3 Å². The minimum Gasteiger partial charge on any atom is -0.469 e. The van der Waals surface area contributed by atoms with E-state index in [1.807, 2.05) is 0 Å². The number of ether oxygens (including phenoxy) is 1. The molecule has 0 aromatic carbocycles. The van der Waals surface area contributed by atoms with Crippen LogP contribution in [0.4, 0.5) is 0 Å². The first-order chi connectivity index (χ1) is 7.47. The number of nitrogens with two attached hydrogens (primary N) is 1. The maximum Gasteiger partial charge on any atom is 0.305 e. The fourth-order valence-electron chi connectivity index (χ4n) is 1.12. The molecule has 0 spiro atoms. The van der Waals surface area contributed by atoms with Crippen LogP contribution in [0.1, 0.15) is 33.1 Å². The predicted octanol–water partition coefficient (Wildman–Crippen LogP) is 0.429. The molecule has 0 saturated carbocycles. The van der Waals surface area contributed by atoms with Gasteiger partial charge < -0.3 is 15.8 Å². The van der Waals surface area contributed by atoms with E-state index in [1.165, 1.54) is 7.11 Å². The molecule has 0 bridgehead atoms. The lowest BCUT2D eigenvalue weighted by Crippen LogP contribution is -2.41. The lowest BCUT2D eigenvalue weighted by Gasteiger charge is -2.12. The molecule has 16 heavy (non-hydrogen) atoms. The quantitative estimate of drug-likeness (QED) is 0.621. The molecule has 3 N–H and O–H groups in total. The van der Waals surface area contributed by atoms with Gasteiger partial charge in [-0.2, -0.15) is 0 Å². The van der Waals surface area contributed by atoms with Crippen LogP contribution in [0, 0.1) is 5.92 Å². The first-order valence-corrected chi connectivity index (χ1v) is 5.57. The summed E-state index contributed by atoms with van der Waals surface area (Å²) in [4.78, 5) is 22.3. The lowest BCUT2D eigenvalue weighted by molar-refractivity contribution is -0.140. The number of esters is 1. The Labute approximate surface area is 96.7 Å². The zero-order valence-electron chi connectivity index (χ0n) is 10.3. The van der Waals surface area contributed by atoms with Crippen molar-refractivity contribution in [2.75, 3.05) is 13.7 Å². The highest BCUT2D eigenvalue weighted by molar-refractivity contribution is 5.82. The minimum absolute atomic E-state index is 0.176. The second-order valence-corrected chi connectivity index (χ2v) is 4.19. The summed E-state index contributed by atoms with van der Waals surface area (Å²) in [6.45, 7) is 4.80. The molecule has 0 heterocycles. The fraction of sp³-hybridized carbons (Fsp3) is 0.818. The molecule has 0 radical (unpaired) electrons. The summed E-state index contributed by atoms with van der Waals surface area (Å²) in [5.74, 6) is 0.00146. The monoisotopic (exact) mass is 230 g/mol. The Morgan fingerprint density at radius 1 is 1.31 bits per heavy atom. The fourth-order valence-corrected chi connectivity index (χ4v) is 1.12. The number of carbonyl (C=O) groups is 2. The van der Waals surface area contributed by atoms with Crippen LogP contribution in [0.2, 0.25) is 0 Å². The van der Waals surface area contributed by atoms with Crippen LogP contribution in [0.15, 0.2) is 0 Å². The second kappa shape index (κ2) is 8.10. The first-order valence-electron chi connectivity index (χ1n) is 5.57. The predicted molar refractivity (Wildman–Crippen MR) is 61.7 cm³/mol. The molecule has 0 rings (SSSR count). The molecule has 0 aromatic rings. The normalized spacial score (nSPS) is 12.3. The molecule has 0 aliphatic carbocycles. The lowest BCUT2D eigenvalue weighted by atomic mass is 10.1. The van der Waals surface area contributed by atoms with Gasteiger partial charge in [0.2, 0.25) is 5.91 Å². The van der Waals surface area contributed by atoms with E-state index < -0.39 is 6.04 Å². The van der Waals surface area contributed by atoms with E-state index in [0.29, 0.717) is 18.9 Å². The van der Waals surface area contributed by atoms with Crippen LogP contribution in [-0.2, 0) is 14.3 Å². The molecule has 94 valence electrons. The third-order valence-electron chi connectivity index (χ3n) is 2.24. The van der Waals surface area contributed by atoms with Crippen molar-refractivity contribution in [3.05, 3.63) is 0 Å². The summed E-state index contributed by atoms with van der Waals surface area (Å²) in [6.07, 6.45) is 1.42. The number of methoxy groups -OCH3 is 1. The summed E-state index contributed by atoms with van der Waals surface area (Å²) in [5.41, 5.74) is 5.62. The summed E-state index contributed by atoms with van der Waals surface area (Å²) in [5, 5.41) is 2.74. The molecule has 0 saturated heterocycles. The van der Waals surface area contributed by atoms with E-state index >= 15 is 0 Å². The molecule has 5 heteroatoms. The van der Waals surface area contributed by atoms with Crippen LogP contribution in [0.3, 0.4) is 0 Å². The number of rotatable bonds is 7. The molecule has 0 aromatic heterocycles. The highest BCUT2D eigenvalue weighted by Crippen LogP contribution is 1.99. The molecule has 5 nitrogen and oxygen atoms in total. The van der Waals surface area contributed by atoms with Gasteiger partial charge in [0.15, 0.2) is 0 Å². The smallest absolute Gasteiger partial charge is 0.305 e. The van der Waals surface area contributed by atoms with Crippen molar-refractivity contribution in [3.63, 3.8) is 0 Å². The number of hydrogen-bond acceptors (Lipinski definition) is 4. The molecular weight excluding hydrogens is 208 g/mol. The average molecular weight is 230 g/mol. The number of hydrogen-bond donors (Lipinski definition) is 2. The Bertz CT molecular complexity index is 229. The zero-order valence-corrected chi connectivity index (χ0v) is 10.3. The van der Waals surface area contributed by atoms with Crippen molar-refractivity contribution < 1.29 is 14.3 Å². The van der Waals surface area contributed by atoms with Gasteiger partial charge in [-0.05, 0) is 18.8 Å². The SMILES string of the molecule is COC(=O)CCC(N)C(=O)NCCC(C)C. The minimum atomic E-state index is -0.633. The highest BCUT2D eigenvalue weighted by atomic mass is 16.5. The third-order valence-corrected chi connectivity index (χ3v) is 2.24. The van der Waals surface area contributed by atoms with Crippen molar-refractivity contribution in [2.45, 2.75) is 39.2 Å². The molecule has 1 unspecified atom stereocenters. The Balaban J connectivity index is 3.69. The zero-order chi connectivity index (χ0) is 12.6. The van der Waals surface area contributed by atoms with E-state index in [1.54, 1.807) is 0 Å². The van der Waals surface area contributed by atoms with E-state index in [0.717, 1.165) is 6.42 Å². The van der Waals surface area contributed by atoms with Crippen LogP contribution < -0.4 is 11.1 Å². The summed E-state index contributed by atoms with van der Waals surface area (Å²) in [7, 11) is 1.32. The number of carbonyl (C=O) groups excluding carboxylic acids is 2. The number of amides is 1. The summed E-state index contributed by atoms with van der Waals surface area (Å²) in [6, 6.07) is -0.633. The molecular formula is C11H22N2O3. The van der Waals surface area contributed by atoms with Gasteiger partial charge >= 0.3 is 5.97 Å². The summed E-state index contributed by atoms with van der Waals surface area (Å²) < 4.78 is 4.47. The van der Waals surface area contributed by atoms with Crippen LogP contribution in [0.25, 0.3) is 0 Å². The van der Waals surface area contributed by atoms with Crippen LogP contribution in [-0.4, -0.2) is 31.6 Å². The third kappa shape index (κ3) is 7.23. The van der Waals surface area contributed by atoms with E-state index in [2.05, 4.69) is 23.9 Å². The Kier molecular flexibility index (Phi) is 7.54. The molecule has 0 fully saturated rings. The van der Waals surface area contributed by atoms with Crippen molar-refractivity contribution in [3.8, 4) is 0 Å². The maximum atomic E-state index is 11.4. The van der Waals surface area contributed by atoms with Crippen molar-refractivity contribution in [2.24, 2.45) is 11.7 Å². The standard InChI is InChI=1S/C11H22N2O3/c1-8(2)6-7-13-11(15)9(12)4-5-10(14)16-3/h8-9H,4-7,12H2,1-3H3,(H,13,15). The first kappa shape index (κ1) is 14.9. The Morgan fingerprint density at radius 3 is 2.44 bits per heavy atom. The van der Waals surface area contributed by atoms with Crippen molar-refractivity contribution in [1.29, 1.82) is 0 Å². The van der Waals surface area contributed by atoms with Gasteiger partial charge in [-0.25, -0.2) is 0 Å². The molecule has 1 atom stereocenters. The van der Waals surface area contributed by atoms with Gasteiger partial charge in [0.05, 0.1) is 13.2 Å². The van der Waals surface area contributed by atoms with Crippen LogP contribution in [0.5, 0.6) is 0 Å². The highest BCUT2D eigenvalue weighted by Gasteiger charge is 2.14. The number of nitrogens with one attached hydrogen (secondary N) is 1. The average Bonchev–Trinajstić information content (AvgIpc) is 2.24. The topological polar surface area (TPSA) is 81.4 Å². The largest absolute Gasteiger partial charge is 0.469 e. The van der Waals surface area contributed by atoms with Gasteiger partial charge in [0.25, 0.3) is 0 Å². The van der Waals surface area contributed by atoms with Gasteiger partial charge in [-0.3, -0.25) is 9.59 Å². The van der Waals surface area contributed by atoms with Gasteiger partial charge in [-0.15, -0.1) is 0 Å². The van der Waals surface area contributed by atoms with Crippen molar-refractivity contribution >= 4 is 11.9 Å².